The van der Waals surface area contributed by atoms with Gasteiger partial charge in [-0.3, -0.25) is 19.1 Å². The third kappa shape index (κ3) is 4.94. The predicted molar refractivity (Wildman–Crippen MR) is 109 cm³/mol. The van der Waals surface area contributed by atoms with Crippen LogP contribution < -0.4 is 15.6 Å². The number of rotatable bonds is 6. The quantitative estimate of drug-likeness (QED) is 0.777. The summed E-state index contributed by atoms with van der Waals surface area (Å²) < 4.78 is 12.7. The fraction of sp³-hybridized carbons (Fsp3) is 0.571. The number of morpholine rings is 1. The van der Waals surface area contributed by atoms with E-state index in [1.165, 1.54) is 0 Å². The molecule has 0 atom stereocenters. The minimum Gasteiger partial charge on any atom is -0.484 e. The lowest BCUT2D eigenvalue weighted by Gasteiger charge is -2.26. The second kappa shape index (κ2) is 9.37. The van der Waals surface area contributed by atoms with Gasteiger partial charge in [-0.05, 0) is 31.0 Å². The Labute approximate surface area is 169 Å². The summed E-state index contributed by atoms with van der Waals surface area (Å²) in [5.74, 6) is 1.21. The van der Waals surface area contributed by atoms with Crippen molar-refractivity contribution in [2.75, 3.05) is 46.0 Å². The van der Waals surface area contributed by atoms with Crippen molar-refractivity contribution in [1.82, 2.24) is 19.8 Å². The Balaban J connectivity index is 1.35. The summed E-state index contributed by atoms with van der Waals surface area (Å²) in [6.45, 7) is 5.32. The Kier molecular flexibility index (Phi) is 6.41. The molecule has 1 aromatic carbocycles. The maximum Gasteiger partial charge on any atom is 0.261 e. The Morgan fingerprint density at radius 2 is 2.03 bits per heavy atom. The summed E-state index contributed by atoms with van der Waals surface area (Å²) in [6, 6.07) is 5.27. The van der Waals surface area contributed by atoms with Gasteiger partial charge < -0.3 is 14.8 Å². The van der Waals surface area contributed by atoms with E-state index in [-0.39, 0.29) is 18.1 Å². The molecule has 2 aromatic rings. The smallest absolute Gasteiger partial charge is 0.261 e. The largest absolute Gasteiger partial charge is 0.484 e. The van der Waals surface area contributed by atoms with Crippen molar-refractivity contribution in [3.63, 3.8) is 0 Å². The maximum atomic E-state index is 12.9. The normalized spacial score (nSPS) is 17.5. The molecule has 1 N–H and O–H groups in total. The van der Waals surface area contributed by atoms with Crippen molar-refractivity contribution in [2.24, 2.45) is 0 Å². The molecule has 0 bridgehead atoms. The van der Waals surface area contributed by atoms with E-state index < -0.39 is 0 Å². The van der Waals surface area contributed by atoms with Gasteiger partial charge in [-0.25, -0.2) is 4.98 Å². The minimum absolute atomic E-state index is 0.0210. The summed E-state index contributed by atoms with van der Waals surface area (Å²) >= 11 is 0. The number of ether oxygens (including phenoxy) is 2. The van der Waals surface area contributed by atoms with Crippen molar-refractivity contribution in [3.05, 3.63) is 34.4 Å². The number of benzene rings is 1. The summed E-state index contributed by atoms with van der Waals surface area (Å²) in [6.07, 6.45) is 4.03. The highest BCUT2D eigenvalue weighted by molar-refractivity contribution is 5.80. The van der Waals surface area contributed by atoms with Gasteiger partial charge in [-0.2, -0.15) is 0 Å². The van der Waals surface area contributed by atoms with Crippen LogP contribution in [0.4, 0.5) is 0 Å². The van der Waals surface area contributed by atoms with E-state index in [2.05, 4.69) is 15.2 Å². The van der Waals surface area contributed by atoms with Gasteiger partial charge in [0.1, 0.15) is 11.6 Å². The molecule has 0 unspecified atom stereocenters. The van der Waals surface area contributed by atoms with Crippen LogP contribution in [0.25, 0.3) is 10.9 Å². The highest BCUT2D eigenvalue weighted by Gasteiger charge is 2.15. The molecule has 0 spiro atoms. The molecule has 8 heteroatoms. The Morgan fingerprint density at radius 3 is 2.90 bits per heavy atom. The molecule has 2 aliphatic heterocycles. The molecule has 1 amide bonds. The lowest BCUT2D eigenvalue weighted by molar-refractivity contribution is -0.123. The maximum absolute atomic E-state index is 12.9. The van der Waals surface area contributed by atoms with Crippen molar-refractivity contribution in [2.45, 2.75) is 32.2 Å². The molecule has 1 saturated heterocycles. The lowest BCUT2D eigenvalue weighted by Crippen LogP contribution is -2.42. The molecule has 0 saturated carbocycles. The SMILES string of the molecule is O=C(COc1ccc2nc3n(c(=O)c2c1)CCCCC3)NCCN1CCOCC1. The van der Waals surface area contributed by atoms with Gasteiger partial charge in [0.15, 0.2) is 6.61 Å². The third-order valence-electron chi connectivity index (χ3n) is 5.51. The van der Waals surface area contributed by atoms with Gasteiger partial charge >= 0.3 is 0 Å². The zero-order valence-corrected chi connectivity index (χ0v) is 16.7. The number of hydrogen-bond donors (Lipinski definition) is 1. The van der Waals surface area contributed by atoms with Crippen LogP contribution >= 0.6 is 0 Å². The number of nitrogens with one attached hydrogen (secondary N) is 1. The molecule has 0 radical (unpaired) electrons. The first-order chi connectivity index (χ1) is 14.2. The molecule has 29 heavy (non-hydrogen) atoms. The number of carbonyl (C=O) groups excluding carboxylic acids is 1. The van der Waals surface area contributed by atoms with Gasteiger partial charge in [0.05, 0.1) is 24.1 Å². The number of fused-ring (bicyclic) bond motifs is 2. The van der Waals surface area contributed by atoms with Crippen LogP contribution in [0, 0.1) is 0 Å². The topological polar surface area (TPSA) is 85.7 Å². The average Bonchev–Trinajstić information content (AvgIpc) is 2.99. The summed E-state index contributed by atoms with van der Waals surface area (Å²) in [5.41, 5.74) is 0.665. The molecule has 1 fully saturated rings. The fourth-order valence-electron chi connectivity index (χ4n) is 3.87. The van der Waals surface area contributed by atoms with Gasteiger partial charge in [-0.15, -0.1) is 0 Å². The van der Waals surface area contributed by atoms with E-state index in [0.717, 1.165) is 64.4 Å². The molecule has 156 valence electrons. The number of aryl methyl sites for hydroxylation is 1. The average molecular weight is 400 g/mol. The van der Waals surface area contributed by atoms with E-state index in [4.69, 9.17) is 9.47 Å². The standard InChI is InChI=1S/C21H28N4O4/c26-20(22-7-9-24-10-12-28-13-11-24)15-29-16-5-6-18-17(14-16)21(27)25-8-3-1-2-4-19(25)23-18/h5-6,14H,1-4,7-13,15H2,(H,22,26). The molecule has 2 aliphatic rings. The monoisotopic (exact) mass is 400 g/mol. The molecule has 1 aromatic heterocycles. The zero-order valence-electron chi connectivity index (χ0n) is 16.7. The van der Waals surface area contributed by atoms with Crippen LogP contribution in [0.5, 0.6) is 5.75 Å². The summed E-state index contributed by atoms with van der Waals surface area (Å²) in [4.78, 5) is 31.9. The molecule has 0 aliphatic carbocycles. The number of hydrogen-bond acceptors (Lipinski definition) is 6. The van der Waals surface area contributed by atoms with Gasteiger partial charge in [0, 0.05) is 39.1 Å². The first-order valence-corrected chi connectivity index (χ1v) is 10.4. The predicted octanol–water partition coefficient (Wildman–Crippen LogP) is 0.950. The lowest BCUT2D eigenvalue weighted by atomic mass is 10.2. The van der Waals surface area contributed by atoms with Crippen LogP contribution in [0.3, 0.4) is 0 Å². The van der Waals surface area contributed by atoms with Gasteiger partial charge in [0.2, 0.25) is 0 Å². The summed E-state index contributed by atoms with van der Waals surface area (Å²) in [7, 11) is 0. The van der Waals surface area contributed by atoms with E-state index in [0.29, 0.717) is 29.7 Å². The van der Waals surface area contributed by atoms with Gasteiger partial charge in [-0.1, -0.05) is 6.42 Å². The van der Waals surface area contributed by atoms with Crippen LogP contribution in [0.1, 0.15) is 25.1 Å². The van der Waals surface area contributed by atoms with Crippen LogP contribution in [-0.4, -0.2) is 66.4 Å². The highest BCUT2D eigenvalue weighted by Crippen LogP contribution is 2.19. The van der Waals surface area contributed by atoms with Crippen LogP contribution in [-0.2, 0) is 22.5 Å². The van der Waals surface area contributed by atoms with Crippen molar-refractivity contribution < 1.29 is 14.3 Å². The van der Waals surface area contributed by atoms with Crippen LogP contribution in [0.2, 0.25) is 0 Å². The first kappa shape index (κ1) is 19.8. The molecular weight excluding hydrogens is 372 g/mol. The van der Waals surface area contributed by atoms with Crippen LogP contribution in [0.15, 0.2) is 23.0 Å². The fourth-order valence-corrected chi connectivity index (χ4v) is 3.87. The van der Waals surface area contributed by atoms with E-state index in [9.17, 15) is 9.59 Å². The van der Waals surface area contributed by atoms with Gasteiger partial charge in [0.25, 0.3) is 11.5 Å². The minimum atomic E-state index is -0.171. The molecule has 8 nitrogen and oxygen atoms in total. The van der Waals surface area contributed by atoms with Crippen molar-refractivity contribution in [1.29, 1.82) is 0 Å². The highest BCUT2D eigenvalue weighted by atomic mass is 16.5. The molecular formula is C21H28N4O4. The Bertz CT molecular complexity index is 921. The Morgan fingerprint density at radius 1 is 1.17 bits per heavy atom. The van der Waals surface area contributed by atoms with E-state index >= 15 is 0 Å². The van der Waals surface area contributed by atoms with E-state index in [1.807, 2.05) is 0 Å². The molecule has 4 rings (SSSR count). The first-order valence-electron chi connectivity index (χ1n) is 10.4. The van der Waals surface area contributed by atoms with Crippen molar-refractivity contribution >= 4 is 16.8 Å². The number of carbonyl (C=O) groups is 1. The number of aromatic nitrogens is 2. The second-order valence-corrected chi connectivity index (χ2v) is 7.57. The Hall–Kier alpha value is -2.45. The van der Waals surface area contributed by atoms with E-state index in [1.54, 1.807) is 22.8 Å². The zero-order chi connectivity index (χ0) is 20.1. The van der Waals surface area contributed by atoms with Crippen molar-refractivity contribution in [3.8, 4) is 5.75 Å². The summed E-state index contributed by atoms with van der Waals surface area (Å²) in [5, 5.41) is 3.41. The number of nitrogens with zero attached hydrogens (tertiary/aromatic N) is 3. The number of amides is 1. The molecule has 3 heterocycles. The third-order valence-corrected chi connectivity index (χ3v) is 5.51. The second-order valence-electron chi connectivity index (χ2n) is 7.57.